The van der Waals surface area contributed by atoms with E-state index in [0.717, 1.165) is 22.9 Å². The summed E-state index contributed by atoms with van der Waals surface area (Å²) in [7, 11) is 1.84. The summed E-state index contributed by atoms with van der Waals surface area (Å²) in [5, 5.41) is 15.1. The number of aromatic nitrogens is 7. The number of hydrogen-bond acceptors (Lipinski definition) is 5. The topological polar surface area (TPSA) is 74.3 Å². The van der Waals surface area contributed by atoms with Crippen molar-refractivity contribution in [1.82, 2.24) is 34.7 Å². The Labute approximate surface area is 145 Å². The van der Waals surface area contributed by atoms with Crippen LogP contribution in [-0.4, -0.2) is 34.7 Å². The lowest BCUT2D eigenvalue weighted by Crippen LogP contribution is -2.08. The summed E-state index contributed by atoms with van der Waals surface area (Å²) in [5.74, 6) is 1.32. The Bertz CT molecular complexity index is 1030. The van der Waals surface area contributed by atoms with Gasteiger partial charge in [0.15, 0.2) is 11.6 Å². The van der Waals surface area contributed by atoms with Crippen LogP contribution in [-0.2, 0) is 7.05 Å². The molecule has 7 heteroatoms. The van der Waals surface area contributed by atoms with Gasteiger partial charge in [0.1, 0.15) is 11.4 Å². The summed E-state index contributed by atoms with van der Waals surface area (Å²) < 4.78 is 3.58. The third kappa shape index (κ3) is 2.77. The average Bonchev–Trinajstić information content (AvgIpc) is 3.27. The Balaban J connectivity index is 1.85. The second-order valence-electron chi connectivity index (χ2n) is 6.16. The van der Waals surface area contributed by atoms with Gasteiger partial charge in [-0.15, -0.1) is 10.2 Å². The highest BCUT2D eigenvalue weighted by Gasteiger charge is 2.19. The van der Waals surface area contributed by atoms with E-state index in [1.165, 1.54) is 0 Å². The summed E-state index contributed by atoms with van der Waals surface area (Å²) in [6.45, 7) is 4.24. The Morgan fingerprint density at radius 1 is 1.12 bits per heavy atom. The number of hydrogen-bond donors (Lipinski definition) is 0. The quantitative estimate of drug-likeness (QED) is 0.573. The first-order valence-electron chi connectivity index (χ1n) is 8.34. The minimum Gasteiger partial charge on any atom is -0.255 e. The van der Waals surface area contributed by atoms with Gasteiger partial charge in [0, 0.05) is 18.6 Å². The molecule has 0 bridgehead atoms. The lowest BCUT2D eigenvalue weighted by atomic mass is 10.1. The number of rotatable bonds is 4. The molecule has 3 aromatic heterocycles. The minimum atomic E-state index is 0.207. The first-order chi connectivity index (χ1) is 12.2. The van der Waals surface area contributed by atoms with Gasteiger partial charge in [-0.2, -0.15) is 0 Å². The van der Waals surface area contributed by atoms with Crippen molar-refractivity contribution < 1.29 is 0 Å². The molecule has 0 spiro atoms. The number of pyridine rings is 1. The number of aryl methyl sites for hydroxylation is 1. The molecule has 0 aliphatic carbocycles. The van der Waals surface area contributed by atoms with Crippen LogP contribution in [0.1, 0.15) is 26.3 Å². The van der Waals surface area contributed by atoms with Crippen LogP contribution in [0.5, 0.6) is 0 Å². The Morgan fingerprint density at radius 2 is 1.92 bits per heavy atom. The predicted octanol–water partition coefficient (Wildman–Crippen LogP) is 3.26. The van der Waals surface area contributed by atoms with Gasteiger partial charge in [-0.3, -0.25) is 9.67 Å². The molecule has 1 atom stereocenters. The Hall–Kier alpha value is -3.09. The molecule has 0 radical (unpaired) electrons. The largest absolute Gasteiger partial charge is 0.255 e. The molecule has 1 aromatic carbocycles. The highest BCUT2D eigenvalue weighted by atomic mass is 15.4. The fourth-order valence-electron chi connectivity index (χ4n) is 2.74. The van der Waals surface area contributed by atoms with Crippen molar-refractivity contribution in [2.24, 2.45) is 7.05 Å². The maximum absolute atomic E-state index is 4.71. The molecule has 1 unspecified atom stereocenters. The molecule has 7 nitrogen and oxygen atoms in total. The molecule has 0 aliphatic heterocycles. The molecule has 4 aromatic rings. The van der Waals surface area contributed by atoms with Crippen molar-refractivity contribution in [2.75, 3.05) is 0 Å². The van der Waals surface area contributed by atoms with Crippen LogP contribution in [0, 0.1) is 0 Å². The highest BCUT2D eigenvalue weighted by Crippen LogP contribution is 2.25. The zero-order valence-corrected chi connectivity index (χ0v) is 14.5. The number of fused-ring (bicyclic) bond motifs is 1. The van der Waals surface area contributed by atoms with Crippen molar-refractivity contribution >= 4 is 10.8 Å². The van der Waals surface area contributed by atoms with Gasteiger partial charge < -0.3 is 0 Å². The smallest absolute Gasteiger partial charge is 0.200 e. The summed E-state index contributed by atoms with van der Waals surface area (Å²) in [6, 6.07) is 10.4. The van der Waals surface area contributed by atoms with Crippen LogP contribution in [0.25, 0.3) is 33.8 Å². The van der Waals surface area contributed by atoms with E-state index in [1.807, 2.05) is 48.4 Å². The molecular formula is C18H19N7. The van der Waals surface area contributed by atoms with E-state index in [4.69, 9.17) is 10.1 Å². The van der Waals surface area contributed by atoms with Crippen LogP contribution < -0.4 is 0 Å². The molecule has 25 heavy (non-hydrogen) atoms. The van der Waals surface area contributed by atoms with Crippen molar-refractivity contribution in [3.05, 3.63) is 42.7 Å². The third-order valence-electron chi connectivity index (χ3n) is 4.33. The summed E-state index contributed by atoms with van der Waals surface area (Å²) in [5.41, 5.74) is 1.47. The van der Waals surface area contributed by atoms with E-state index in [2.05, 4.69) is 35.2 Å². The monoisotopic (exact) mass is 333 g/mol. The SMILES string of the molecule is CCC(C)n1nc(-c2cc3ccccc3cn2)nc1-c1cn(C)nn1. The van der Waals surface area contributed by atoms with Gasteiger partial charge in [-0.05, 0) is 24.8 Å². The molecule has 0 saturated heterocycles. The van der Waals surface area contributed by atoms with Crippen molar-refractivity contribution in [3.63, 3.8) is 0 Å². The van der Waals surface area contributed by atoms with Crippen LogP contribution in [0.2, 0.25) is 0 Å². The maximum Gasteiger partial charge on any atom is 0.200 e. The molecule has 4 rings (SSSR count). The van der Waals surface area contributed by atoms with Gasteiger partial charge in [-0.25, -0.2) is 9.67 Å². The van der Waals surface area contributed by atoms with Crippen LogP contribution in [0.4, 0.5) is 0 Å². The fourth-order valence-corrected chi connectivity index (χ4v) is 2.74. The van der Waals surface area contributed by atoms with Crippen molar-refractivity contribution in [1.29, 1.82) is 0 Å². The van der Waals surface area contributed by atoms with Crippen LogP contribution in [0.3, 0.4) is 0 Å². The van der Waals surface area contributed by atoms with Gasteiger partial charge >= 0.3 is 0 Å². The predicted molar refractivity (Wildman–Crippen MR) is 95.8 cm³/mol. The summed E-state index contributed by atoms with van der Waals surface area (Å²) >= 11 is 0. The minimum absolute atomic E-state index is 0.207. The lowest BCUT2D eigenvalue weighted by Gasteiger charge is -2.10. The summed E-state index contributed by atoms with van der Waals surface area (Å²) in [4.78, 5) is 9.25. The van der Waals surface area contributed by atoms with E-state index < -0.39 is 0 Å². The van der Waals surface area contributed by atoms with E-state index in [1.54, 1.807) is 4.68 Å². The van der Waals surface area contributed by atoms with E-state index in [0.29, 0.717) is 17.3 Å². The number of nitrogens with zero attached hydrogens (tertiary/aromatic N) is 7. The second kappa shape index (κ2) is 6.08. The van der Waals surface area contributed by atoms with E-state index in [-0.39, 0.29) is 6.04 Å². The zero-order valence-electron chi connectivity index (χ0n) is 14.5. The molecule has 0 N–H and O–H groups in total. The molecule has 0 aliphatic rings. The van der Waals surface area contributed by atoms with Gasteiger partial charge in [0.25, 0.3) is 0 Å². The van der Waals surface area contributed by atoms with Gasteiger partial charge in [-0.1, -0.05) is 36.4 Å². The Kier molecular flexibility index (Phi) is 3.76. The van der Waals surface area contributed by atoms with Crippen LogP contribution >= 0.6 is 0 Å². The molecule has 0 amide bonds. The van der Waals surface area contributed by atoms with Crippen LogP contribution in [0.15, 0.2) is 42.7 Å². The highest BCUT2D eigenvalue weighted by molar-refractivity contribution is 5.84. The molecular weight excluding hydrogens is 314 g/mol. The fraction of sp³-hybridized carbons (Fsp3) is 0.278. The van der Waals surface area contributed by atoms with Crippen molar-refractivity contribution in [3.8, 4) is 23.0 Å². The second-order valence-corrected chi connectivity index (χ2v) is 6.16. The zero-order chi connectivity index (χ0) is 17.4. The van der Waals surface area contributed by atoms with E-state index in [9.17, 15) is 0 Å². The third-order valence-corrected chi connectivity index (χ3v) is 4.33. The average molecular weight is 333 g/mol. The summed E-state index contributed by atoms with van der Waals surface area (Å²) in [6.07, 6.45) is 4.65. The first kappa shape index (κ1) is 15.4. The lowest BCUT2D eigenvalue weighted by molar-refractivity contribution is 0.482. The first-order valence-corrected chi connectivity index (χ1v) is 8.34. The van der Waals surface area contributed by atoms with Gasteiger partial charge in [0.2, 0.25) is 0 Å². The van der Waals surface area contributed by atoms with Gasteiger partial charge in [0.05, 0.1) is 12.2 Å². The van der Waals surface area contributed by atoms with Crippen molar-refractivity contribution in [2.45, 2.75) is 26.3 Å². The normalized spacial score (nSPS) is 12.6. The number of benzene rings is 1. The molecule has 0 saturated carbocycles. The maximum atomic E-state index is 4.71. The molecule has 126 valence electrons. The Morgan fingerprint density at radius 3 is 2.64 bits per heavy atom. The standard InChI is InChI=1S/C18H19N7/c1-4-12(2)25-18(16-11-24(3)23-21-16)20-17(22-25)15-9-13-7-5-6-8-14(13)10-19-15/h5-12H,4H2,1-3H3. The molecule has 0 fully saturated rings. The van der Waals surface area contributed by atoms with E-state index >= 15 is 0 Å². The molecule has 3 heterocycles.